The molecule has 4 nitrogen and oxygen atoms in total. The summed E-state index contributed by atoms with van der Waals surface area (Å²) in [6, 6.07) is 5.11. The number of hydrogen-bond donors (Lipinski definition) is 1. The number of carbonyl (C=O) groups is 2. The Kier molecular flexibility index (Phi) is 4.52. The molecule has 1 aromatic rings. The molecule has 1 fully saturated rings. The molecule has 0 unspecified atom stereocenters. The Morgan fingerprint density at radius 1 is 1.32 bits per heavy atom. The van der Waals surface area contributed by atoms with E-state index >= 15 is 0 Å². The second-order valence-electron chi connectivity index (χ2n) is 3.77. The van der Waals surface area contributed by atoms with E-state index in [1.54, 1.807) is 24.3 Å². The first kappa shape index (κ1) is 14.4. The fourth-order valence-corrected chi connectivity index (χ4v) is 2.81. The van der Waals surface area contributed by atoms with Gasteiger partial charge in [0.25, 0.3) is 11.1 Å². The number of amides is 2. The molecule has 0 atom stereocenters. The van der Waals surface area contributed by atoms with Crippen LogP contribution in [0.1, 0.15) is 5.56 Å². The predicted molar refractivity (Wildman–Crippen MR) is 78.2 cm³/mol. The number of nitrogens with zero attached hydrogens (tertiary/aromatic N) is 1. The van der Waals surface area contributed by atoms with Crippen molar-refractivity contribution in [2.75, 3.05) is 13.1 Å². The van der Waals surface area contributed by atoms with Crippen LogP contribution in [-0.2, 0) is 4.79 Å². The third-order valence-corrected chi connectivity index (χ3v) is 4.24. The second kappa shape index (κ2) is 5.96. The average Bonchev–Trinajstić information content (AvgIpc) is 2.63. The smallest absolute Gasteiger partial charge is 0.293 e. The molecule has 0 aromatic heterocycles. The van der Waals surface area contributed by atoms with Crippen LogP contribution in [0.2, 0.25) is 10.0 Å². The summed E-state index contributed by atoms with van der Waals surface area (Å²) in [5, 5.41) is 0.436. The standard InChI is InChI=1S/C12H10Cl2N2O2S/c13-8-3-1-2-7(10(8)14)6-9-11(17)16(5-4-15)12(18)19-9/h1-3,6H,4-5,15H2. The summed E-state index contributed by atoms with van der Waals surface area (Å²) < 4.78 is 0. The summed E-state index contributed by atoms with van der Waals surface area (Å²) >= 11 is 12.8. The van der Waals surface area contributed by atoms with E-state index in [0.29, 0.717) is 20.5 Å². The molecule has 1 heterocycles. The highest BCUT2D eigenvalue weighted by Gasteiger charge is 2.34. The van der Waals surface area contributed by atoms with Crippen LogP contribution >= 0.6 is 35.0 Å². The van der Waals surface area contributed by atoms with E-state index in [4.69, 9.17) is 28.9 Å². The van der Waals surface area contributed by atoms with Gasteiger partial charge in [-0.3, -0.25) is 14.5 Å². The van der Waals surface area contributed by atoms with Crippen molar-refractivity contribution in [3.8, 4) is 0 Å². The Balaban J connectivity index is 2.32. The van der Waals surface area contributed by atoms with Crippen LogP contribution in [0.4, 0.5) is 4.79 Å². The minimum absolute atomic E-state index is 0.214. The van der Waals surface area contributed by atoms with Crippen molar-refractivity contribution in [3.63, 3.8) is 0 Å². The molecule has 7 heteroatoms. The van der Waals surface area contributed by atoms with Gasteiger partial charge in [0.15, 0.2) is 0 Å². The first-order valence-electron chi connectivity index (χ1n) is 5.44. The van der Waals surface area contributed by atoms with Gasteiger partial charge in [0.1, 0.15) is 0 Å². The SMILES string of the molecule is NCCN1C(=O)SC(=Cc2cccc(Cl)c2Cl)C1=O. The van der Waals surface area contributed by atoms with Gasteiger partial charge in [-0.05, 0) is 29.5 Å². The molecule has 2 amide bonds. The van der Waals surface area contributed by atoms with Crippen molar-refractivity contribution < 1.29 is 9.59 Å². The zero-order valence-electron chi connectivity index (χ0n) is 9.73. The quantitative estimate of drug-likeness (QED) is 0.871. The predicted octanol–water partition coefficient (Wildman–Crippen LogP) is 2.99. The number of hydrogen-bond acceptors (Lipinski definition) is 4. The lowest BCUT2D eigenvalue weighted by Crippen LogP contribution is -2.33. The first-order chi connectivity index (χ1) is 9.04. The van der Waals surface area contributed by atoms with Crippen molar-refractivity contribution in [2.24, 2.45) is 5.73 Å². The van der Waals surface area contributed by atoms with E-state index in [2.05, 4.69) is 0 Å². The van der Waals surface area contributed by atoms with Crippen LogP contribution in [0.15, 0.2) is 23.1 Å². The fraction of sp³-hybridized carbons (Fsp3) is 0.167. The van der Waals surface area contributed by atoms with Crippen LogP contribution in [0.3, 0.4) is 0 Å². The van der Waals surface area contributed by atoms with Crippen LogP contribution in [-0.4, -0.2) is 29.1 Å². The summed E-state index contributed by atoms with van der Waals surface area (Å²) in [7, 11) is 0. The highest BCUT2D eigenvalue weighted by molar-refractivity contribution is 8.18. The normalized spacial score (nSPS) is 17.6. The van der Waals surface area contributed by atoms with Crippen LogP contribution in [0.5, 0.6) is 0 Å². The zero-order valence-corrected chi connectivity index (χ0v) is 12.1. The number of carbonyl (C=O) groups excluding carboxylic acids is 2. The van der Waals surface area contributed by atoms with Crippen molar-refractivity contribution in [3.05, 3.63) is 38.7 Å². The highest BCUT2D eigenvalue weighted by Crippen LogP contribution is 2.34. The molecule has 19 heavy (non-hydrogen) atoms. The zero-order chi connectivity index (χ0) is 14.0. The van der Waals surface area contributed by atoms with Crippen molar-refractivity contribution in [1.82, 2.24) is 4.90 Å². The van der Waals surface area contributed by atoms with Crippen LogP contribution < -0.4 is 5.73 Å². The molecule has 1 aliphatic heterocycles. The maximum atomic E-state index is 12.0. The number of imide groups is 1. The van der Waals surface area contributed by atoms with Gasteiger partial charge >= 0.3 is 0 Å². The third-order valence-electron chi connectivity index (χ3n) is 2.49. The summed E-state index contributed by atoms with van der Waals surface area (Å²) in [4.78, 5) is 25.1. The van der Waals surface area contributed by atoms with Gasteiger partial charge in [-0.25, -0.2) is 0 Å². The highest BCUT2D eigenvalue weighted by atomic mass is 35.5. The van der Waals surface area contributed by atoms with Gasteiger partial charge in [-0.15, -0.1) is 0 Å². The van der Waals surface area contributed by atoms with E-state index in [1.807, 2.05) is 0 Å². The summed E-state index contributed by atoms with van der Waals surface area (Å²) in [5.74, 6) is -0.350. The van der Waals surface area contributed by atoms with E-state index in [1.165, 1.54) is 0 Å². The van der Waals surface area contributed by atoms with Gasteiger partial charge < -0.3 is 5.73 Å². The molecule has 0 radical (unpaired) electrons. The third kappa shape index (κ3) is 2.95. The number of halogens is 2. The van der Waals surface area contributed by atoms with Crippen LogP contribution in [0, 0.1) is 0 Å². The van der Waals surface area contributed by atoms with Gasteiger partial charge in [0.2, 0.25) is 0 Å². The Hall–Kier alpha value is -1.01. The Morgan fingerprint density at radius 3 is 2.74 bits per heavy atom. The molecule has 2 rings (SSSR count). The molecule has 0 bridgehead atoms. The van der Waals surface area contributed by atoms with E-state index in [0.717, 1.165) is 16.7 Å². The van der Waals surface area contributed by atoms with Crippen molar-refractivity contribution in [1.29, 1.82) is 0 Å². The molecule has 1 saturated heterocycles. The number of benzene rings is 1. The lowest BCUT2D eigenvalue weighted by molar-refractivity contribution is -0.122. The first-order valence-corrected chi connectivity index (χ1v) is 7.01. The van der Waals surface area contributed by atoms with Crippen molar-refractivity contribution >= 4 is 52.2 Å². The van der Waals surface area contributed by atoms with E-state index in [-0.39, 0.29) is 24.2 Å². The molecule has 1 aliphatic rings. The maximum absolute atomic E-state index is 12.0. The number of thioether (sulfide) groups is 1. The monoisotopic (exact) mass is 316 g/mol. The van der Waals surface area contributed by atoms with E-state index in [9.17, 15) is 9.59 Å². The van der Waals surface area contributed by atoms with Gasteiger partial charge in [-0.1, -0.05) is 35.3 Å². The minimum Gasteiger partial charge on any atom is -0.329 e. The molecule has 2 N–H and O–H groups in total. The lowest BCUT2D eigenvalue weighted by Gasteiger charge is -2.09. The van der Waals surface area contributed by atoms with E-state index < -0.39 is 0 Å². The summed E-state index contributed by atoms with van der Waals surface area (Å²) in [5.41, 5.74) is 5.97. The summed E-state index contributed by atoms with van der Waals surface area (Å²) in [6.45, 7) is 0.453. The average molecular weight is 317 g/mol. The maximum Gasteiger partial charge on any atom is 0.293 e. The Labute approximate surface area is 124 Å². The topological polar surface area (TPSA) is 63.4 Å². The largest absolute Gasteiger partial charge is 0.329 e. The van der Waals surface area contributed by atoms with Crippen LogP contribution in [0.25, 0.3) is 6.08 Å². The Bertz CT molecular complexity index is 575. The molecular formula is C12H10Cl2N2O2S. The van der Waals surface area contributed by atoms with Gasteiger partial charge in [-0.2, -0.15) is 0 Å². The van der Waals surface area contributed by atoms with Gasteiger partial charge in [0.05, 0.1) is 15.0 Å². The molecule has 0 spiro atoms. The molecular weight excluding hydrogens is 307 g/mol. The minimum atomic E-state index is -0.350. The molecule has 0 aliphatic carbocycles. The number of rotatable bonds is 3. The molecule has 100 valence electrons. The number of nitrogens with two attached hydrogens (primary N) is 1. The fourth-order valence-electron chi connectivity index (χ4n) is 1.60. The molecule has 1 aromatic carbocycles. The van der Waals surface area contributed by atoms with Crippen molar-refractivity contribution in [2.45, 2.75) is 0 Å². The second-order valence-corrected chi connectivity index (χ2v) is 5.54. The van der Waals surface area contributed by atoms with Gasteiger partial charge in [0, 0.05) is 13.1 Å². The summed E-state index contributed by atoms with van der Waals surface area (Å²) in [6.07, 6.45) is 1.57. The Morgan fingerprint density at radius 2 is 2.05 bits per heavy atom. The lowest BCUT2D eigenvalue weighted by atomic mass is 10.2. The molecule has 0 saturated carbocycles.